The molecule has 6 nitrogen and oxygen atoms in total. The van der Waals surface area contributed by atoms with Crippen molar-refractivity contribution in [2.75, 3.05) is 38.7 Å². The highest BCUT2D eigenvalue weighted by Crippen LogP contribution is 2.23. The van der Waals surface area contributed by atoms with Gasteiger partial charge in [0.05, 0.1) is 0 Å². The lowest BCUT2D eigenvalue weighted by molar-refractivity contribution is 0.0936. The van der Waals surface area contributed by atoms with Gasteiger partial charge in [0.15, 0.2) is 0 Å². The van der Waals surface area contributed by atoms with Crippen LogP contribution in [-0.4, -0.2) is 64.0 Å². The summed E-state index contributed by atoms with van der Waals surface area (Å²) in [4.78, 5) is 14.8. The summed E-state index contributed by atoms with van der Waals surface area (Å²) in [5.41, 5.74) is 0. The van der Waals surface area contributed by atoms with Crippen LogP contribution in [0, 0.1) is 0 Å². The topological polar surface area (TPSA) is 78.5 Å². The van der Waals surface area contributed by atoms with Gasteiger partial charge >= 0.3 is 0 Å². The van der Waals surface area contributed by atoms with Crippen LogP contribution in [0.1, 0.15) is 28.9 Å². The van der Waals surface area contributed by atoms with Gasteiger partial charge in [0.2, 0.25) is 10.0 Å². The van der Waals surface area contributed by atoms with Gasteiger partial charge in [0.1, 0.15) is 9.77 Å². The van der Waals surface area contributed by atoms with E-state index in [1.54, 1.807) is 5.38 Å². The summed E-state index contributed by atoms with van der Waals surface area (Å²) in [6, 6.07) is 1.65. The highest BCUT2D eigenvalue weighted by Gasteiger charge is 2.25. The molecule has 1 aromatic rings. The van der Waals surface area contributed by atoms with Crippen LogP contribution in [0.25, 0.3) is 0 Å². The van der Waals surface area contributed by atoms with Gasteiger partial charge < -0.3 is 10.2 Å². The number of rotatable bonds is 8. The average Bonchev–Trinajstić information content (AvgIpc) is 3.03. The lowest BCUT2D eigenvalue weighted by atomic mass is 10.1. The lowest BCUT2D eigenvalue weighted by Crippen LogP contribution is -2.38. The molecule has 0 saturated carbocycles. The van der Waals surface area contributed by atoms with Crippen molar-refractivity contribution in [1.82, 2.24) is 14.9 Å². The zero-order valence-corrected chi connectivity index (χ0v) is 16.5. The minimum absolute atomic E-state index is 0.0834. The van der Waals surface area contributed by atoms with E-state index in [0.29, 0.717) is 6.54 Å². The third-order valence-corrected chi connectivity index (χ3v) is 7.35. The first-order valence-corrected chi connectivity index (χ1v) is 11.5. The van der Waals surface area contributed by atoms with Crippen molar-refractivity contribution in [2.24, 2.45) is 0 Å². The molecule has 0 atom stereocenters. The smallest absolute Gasteiger partial charge is 0.262 e. The zero-order valence-electron chi connectivity index (χ0n) is 14.1. The Bertz CT molecular complexity index is 637. The lowest BCUT2D eigenvalue weighted by Gasteiger charge is -2.22. The van der Waals surface area contributed by atoms with Crippen LogP contribution in [-0.2, 0) is 10.0 Å². The van der Waals surface area contributed by atoms with Crippen molar-refractivity contribution in [3.63, 3.8) is 0 Å². The van der Waals surface area contributed by atoms with Crippen LogP contribution in [0.3, 0.4) is 0 Å². The number of thiophene rings is 1. The van der Waals surface area contributed by atoms with E-state index in [9.17, 15) is 13.2 Å². The minimum atomic E-state index is -3.65. The Hall–Kier alpha value is -0.610. The molecule has 0 radical (unpaired) electrons. The quantitative estimate of drug-likeness (QED) is 0.658. The Morgan fingerprint density at radius 3 is 2.71 bits per heavy atom. The fourth-order valence-corrected chi connectivity index (χ4v) is 5.96. The van der Waals surface area contributed by atoms with E-state index in [1.165, 1.54) is 17.4 Å². The van der Waals surface area contributed by atoms with Crippen molar-refractivity contribution in [3.05, 3.63) is 16.3 Å². The molecular formula is C15H25N3O3S3. The summed E-state index contributed by atoms with van der Waals surface area (Å²) in [6.07, 6.45) is 2.59. The molecule has 0 aromatic carbocycles. The first kappa shape index (κ1) is 19.7. The van der Waals surface area contributed by atoms with Crippen molar-refractivity contribution in [3.8, 4) is 0 Å². The SMILES string of the molecule is CN(C)CCCNS(=O)(=O)c1ccsc1C(=O)NC1CCSCC1. The number of amides is 1. The monoisotopic (exact) mass is 391 g/mol. The van der Waals surface area contributed by atoms with Gasteiger partial charge in [-0.3, -0.25) is 4.79 Å². The highest BCUT2D eigenvalue weighted by atomic mass is 32.2. The normalized spacial score (nSPS) is 16.5. The first-order valence-electron chi connectivity index (χ1n) is 8.00. The second-order valence-electron chi connectivity index (χ2n) is 6.03. The zero-order chi connectivity index (χ0) is 17.6. The molecule has 1 amide bonds. The van der Waals surface area contributed by atoms with E-state index in [4.69, 9.17) is 0 Å². The van der Waals surface area contributed by atoms with Crippen LogP contribution >= 0.6 is 23.1 Å². The molecule has 2 N–H and O–H groups in total. The number of carbonyl (C=O) groups excluding carboxylic acids is 1. The van der Waals surface area contributed by atoms with Crippen molar-refractivity contribution >= 4 is 39.0 Å². The molecule has 0 unspecified atom stereocenters. The standard InChI is InChI=1S/C15H25N3O3S3/c1-18(2)8-3-7-16-24(20,21)13-6-11-23-14(13)15(19)17-12-4-9-22-10-5-12/h6,11-12,16H,3-5,7-10H2,1-2H3,(H,17,19). The van der Waals surface area contributed by atoms with Crippen molar-refractivity contribution < 1.29 is 13.2 Å². The van der Waals surface area contributed by atoms with Gasteiger partial charge in [-0.1, -0.05) is 0 Å². The second-order valence-corrected chi connectivity index (χ2v) is 9.90. The summed E-state index contributed by atoms with van der Waals surface area (Å²) in [5, 5.41) is 4.63. The van der Waals surface area contributed by atoms with Gasteiger partial charge in [-0.15, -0.1) is 11.3 Å². The number of thioether (sulfide) groups is 1. The molecule has 1 saturated heterocycles. The molecule has 136 valence electrons. The predicted molar refractivity (Wildman–Crippen MR) is 100 cm³/mol. The maximum Gasteiger partial charge on any atom is 0.262 e. The third-order valence-electron chi connectivity index (χ3n) is 3.76. The van der Waals surface area contributed by atoms with Crippen LogP contribution in [0.4, 0.5) is 0 Å². The van der Waals surface area contributed by atoms with Crippen LogP contribution < -0.4 is 10.0 Å². The Balaban J connectivity index is 1.98. The number of nitrogens with one attached hydrogen (secondary N) is 2. The Morgan fingerprint density at radius 2 is 2.04 bits per heavy atom. The van der Waals surface area contributed by atoms with Gasteiger partial charge in [-0.2, -0.15) is 11.8 Å². The van der Waals surface area contributed by atoms with E-state index in [0.717, 1.165) is 37.3 Å². The number of nitrogens with zero attached hydrogens (tertiary/aromatic N) is 1. The number of hydrogen-bond acceptors (Lipinski definition) is 6. The molecule has 0 spiro atoms. The Morgan fingerprint density at radius 1 is 1.33 bits per heavy atom. The average molecular weight is 392 g/mol. The maximum absolute atomic E-state index is 12.5. The van der Waals surface area contributed by atoms with Crippen LogP contribution in [0.15, 0.2) is 16.3 Å². The molecule has 1 fully saturated rings. The van der Waals surface area contributed by atoms with E-state index in [-0.39, 0.29) is 21.7 Å². The van der Waals surface area contributed by atoms with Crippen molar-refractivity contribution in [2.45, 2.75) is 30.2 Å². The summed E-state index contributed by atoms with van der Waals surface area (Å²) in [6.45, 7) is 1.16. The molecule has 1 aliphatic rings. The van der Waals surface area contributed by atoms with Crippen LogP contribution in [0.2, 0.25) is 0 Å². The van der Waals surface area contributed by atoms with Crippen LogP contribution in [0.5, 0.6) is 0 Å². The largest absolute Gasteiger partial charge is 0.349 e. The summed E-state index contributed by atoms with van der Waals surface area (Å²) in [5.74, 6) is 1.79. The van der Waals surface area contributed by atoms with Crippen molar-refractivity contribution in [1.29, 1.82) is 0 Å². The van der Waals surface area contributed by atoms with Gasteiger partial charge in [0, 0.05) is 12.6 Å². The van der Waals surface area contributed by atoms with Gasteiger partial charge in [-0.25, -0.2) is 13.1 Å². The molecule has 24 heavy (non-hydrogen) atoms. The van der Waals surface area contributed by atoms with Gasteiger partial charge in [0.25, 0.3) is 5.91 Å². The molecule has 0 bridgehead atoms. The number of carbonyl (C=O) groups is 1. The minimum Gasteiger partial charge on any atom is -0.349 e. The third kappa shape index (κ3) is 5.73. The summed E-state index contributed by atoms with van der Waals surface area (Å²) >= 11 is 3.06. The fourth-order valence-electron chi connectivity index (χ4n) is 2.45. The molecule has 0 aliphatic carbocycles. The van der Waals surface area contributed by atoms with E-state index in [2.05, 4.69) is 10.0 Å². The first-order chi connectivity index (χ1) is 11.4. The second kappa shape index (κ2) is 9.19. The maximum atomic E-state index is 12.5. The molecule has 1 aliphatic heterocycles. The van der Waals surface area contributed by atoms with E-state index >= 15 is 0 Å². The molecular weight excluding hydrogens is 366 g/mol. The van der Waals surface area contributed by atoms with Gasteiger partial charge in [-0.05, 0) is 62.9 Å². The Labute approximate surface area is 152 Å². The molecule has 2 rings (SSSR count). The predicted octanol–water partition coefficient (Wildman–Crippen LogP) is 1.60. The Kier molecular flexibility index (Phi) is 7.55. The fraction of sp³-hybridized carbons (Fsp3) is 0.667. The van der Waals surface area contributed by atoms with E-state index in [1.807, 2.05) is 30.8 Å². The number of sulfonamides is 1. The molecule has 1 aromatic heterocycles. The number of hydrogen-bond donors (Lipinski definition) is 2. The summed E-state index contributed by atoms with van der Waals surface area (Å²) in [7, 11) is 0.234. The van der Waals surface area contributed by atoms with E-state index < -0.39 is 10.0 Å². The molecule has 9 heteroatoms. The summed E-state index contributed by atoms with van der Waals surface area (Å²) < 4.78 is 27.5. The molecule has 2 heterocycles. The highest BCUT2D eigenvalue weighted by molar-refractivity contribution is 7.99.